The van der Waals surface area contributed by atoms with Gasteiger partial charge < -0.3 is 14.8 Å². The van der Waals surface area contributed by atoms with Crippen molar-refractivity contribution in [3.8, 4) is 5.75 Å². The first-order chi connectivity index (χ1) is 8.36. The quantitative estimate of drug-likeness (QED) is 0.870. The zero-order valence-corrected chi connectivity index (χ0v) is 10.7. The molecule has 1 atom stereocenters. The second kappa shape index (κ2) is 6.03. The van der Waals surface area contributed by atoms with E-state index >= 15 is 0 Å². The highest BCUT2D eigenvalue weighted by Gasteiger charge is 2.21. The molecule has 0 amide bonds. The van der Waals surface area contributed by atoms with Crippen molar-refractivity contribution in [1.29, 1.82) is 0 Å². The van der Waals surface area contributed by atoms with Crippen LogP contribution in [0.25, 0.3) is 0 Å². The van der Waals surface area contributed by atoms with E-state index in [0.29, 0.717) is 12.6 Å². The van der Waals surface area contributed by atoms with Crippen LogP contribution >= 0.6 is 0 Å². The number of hydrogen-bond donors (Lipinski definition) is 1. The Morgan fingerprint density at radius 2 is 2.18 bits per heavy atom. The van der Waals surface area contributed by atoms with Gasteiger partial charge in [0.05, 0.1) is 13.7 Å². The monoisotopic (exact) mass is 235 g/mol. The van der Waals surface area contributed by atoms with Gasteiger partial charge >= 0.3 is 0 Å². The van der Waals surface area contributed by atoms with E-state index in [4.69, 9.17) is 9.47 Å². The van der Waals surface area contributed by atoms with Crippen LogP contribution in [-0.4, -0.2) is 20.8 Å². The van der Waals surface area contributed by atoms with Crippen LogP contribution in [0.1, 0.15) is 36.4 Å². The van der Waals surface area contributed by atoms with Gasteiger partial charge in [-0.1, -0.05) is 18.6 Å². The molecule has 1 heterocycles. The zero-order chi connectivity index (χ0) is 12.1. The van der Waals surface area contributed by atoms with Gasteiger partial charge in [-0.2, -0.15) is 0 Å². The normalized spacial score (nSPS) is 20.2. The maximum absolute atomic E-state index is 5.49. The van der Waals surface area contributed by atoms with E-state index in [1.807, 2.05) is 12.1 Å². The lowest BCUT2D eigenvalue weighted by molar-refractivity contribution is 0.182. The minimum absolute atomic E-state index is 0.407. The van der Waals surface area contributed by atoms with E-state index < -0.39 is 0 Å². The average molecular weight is 235 g/mol. The third kappa shape index (κ3) is 2.79. The van der Waals surface area contributed by atoms with E-state index in [2.05, 4.69) is 11.4 Å². The van der Waals surface area contributed by atoms with Gasteiger partial charge in [-0.25, -0.2) is 0 Å². The average Bonchev–Trinajstić information content (AvgIpc) is 2.40. The summed E-state index contributed by atoms with van der Waals surface area (Å²) in [5.41, 5.74) is 2.50. The standard InChI is InChI=1S/C14H21NO2/c1-16-10-11-6-5-8-13(17-2)14(11)12-7-3-4-9-15-12/h5-6,8,12,15H,3-4,7,9-10H2,1-2H3. The Hall–Kier alpha value is -1.06. The summed E-state index contributed by atoms with van der Waals surface area (Å²) < 4.78 is 10.8. The molecule has 3 heteroatoms. The van der Waals surface area contributed by atoms with Gasteiger partial charge in [0.2, 0.25) is 0 Å². The van der Waals surface area contributed by atoms with E-state index in [-0.39, 0.29) is 0 Å². The van der Waals surface area contributed by atoms with E-state index in [1.165, 1.54) is 30.4 Å². The lowest BCUT2D eigenvalue weighted by Gasteiger charge is -2.27. The van der Waals surface area contributed by atoms with E-state index in [0.717, 1.165) is 12.3 Å². The molecule has 1 saturated heterocycles. The summed E-state index contributed by atoms with van der Waals surface area (Å²) in [4.78, 5) is 0. The molecule has 0 bridgehead atoms. The summed E-state index contributed by atoms with van der Waals surface area (Å²) >= 11 is 0. The molecular weight excluding hydrogens is 214 g/mol. The summed E-state index contributed by atoms with van der Waals surface area (Å²) in [7, 11) is 3.47. The Bertz CT molecular complexity index is 359. The van der Waals surface area contributed by atoms with Crippen molar-refractivity contribution in [2.75, 3.05) is 20.8 Å². The zero-order valence-electron chi connectivity index (χ0n) is 10.7. The Labute approximate surface area is 103 Å². The topological polar surface area (TPSA) is 30.5 Å². The number of piperidine rings is 1. The predicted molar refractivity (Wildman–Crippen MR) is 68.3 cm³/mol. The van der Waals surface area contributed by atoms with Crippen molar-refractivity contribution in [2.24, 2.45) is 0 Å². The van der Waals surface area contributed by atoms with Crippen molar-refractivity contribution in [3.05, 3.63) is 29.3 Å². The third-order valence-corrected chi connectivity index (χ3v) is 3.33. The number of ether oxygens (including phenoxy) is 2. The van der Waals surface area contributed by atoms with Crippen LogP contribution in [0, 0.1) is 0 Å². The molecule has 0 saturated carbocycles. The van der Waals surface area contributed by atoms with Crippen molar-refractivity contribution in [3.63, 3.8) is 0 Å². The molecule has 2 rings (SSSR count). The van der Waals surface area contributed by atoms with Crippen molar-refractivity contribution < 1.29 is 9.47 Å². The van der Waals surface area contributed by atoms with Gasteiger partial charge in [-0.05, 0) is 31.0 Å². The number of methoxy groups -OCH3 is 2. The van der Waals surface area contributed by atoms with Crippen LogP contribution in [0.2, 0.25) is 0 Å². The molecule has 3 nitrogen and oxygen atoms in total. The van der Waals surface area contributed by atoms with Crippen molar-refractivity contribution in [2.45, 2.75) is 31.9 Å². The second-order valence-corrected chi connectivity index (χ2v) is 4.47. The summed E-state index contributed by atoms with van der Waals surface area (Å²) in [6, 6.07) is 6.59. The van der Waals surface area contributed by atoms with Gasteiger partial charge in [0, 0.05) is 18.7 Å². The lowest BCUT2D eigenvalue weighted by Crippen LogP contribution is -2.28. The van der Waals surface area contributed by atoms with Crippen molar-refractivity contribution in [1.82, 2.24) is 5.32 Å². The molecule has 0 aromatic heterocycles. The largest absolute Gasteiger partial charge is 0.496 e. The molecule has 1 aliphatic heterocycles. The summed E-state index contributed by atoms with van der Waals surface area (Å²) in [5.74, 6) is 0.971. The fraction of sp³-hybridized carbons (Fsp3) is 0.571. The minimum atomic E-state index is 0.407. The molecule has 94 valence electrons. The highest BCUT2D eigenvalue weighted by atomic mass is 16.5. The third-order valence-electron chi connectivity index (χ3n) is 3.33. The lowest BCUT2D eigenvalue weighted by atomic mass is 9.93. The summed E-state index contributed by atoms with van der Waals surface area (Å²) in [5, 5.41) is 3.57. The van der Waals surface area contributed by atoms with Crippen LogP contribution in [0.3, 0.4) is 0 Å². The number of rotatable bonds is 4. The number of hydrogen-bond acceptors (Lipinski definition) is 3. The number of nitrogens with one attached hydrogen (secondary N) is 1. The van der Waals surface area contributed by atoms with Crippen LogP contribution < -0.4 is 10.1 Å². The Balaban J connectivity index is 2.32. The molecular formula is C14H21NO2. The number of benzene rings is 1. The molecule has 1 N–H and O–H groups in total. The maximum atomic E-state index is 5.49. The Morgan fingerprint density at radius 1 is 1.29 bits per heavy atom. The predicted octanol–water partition coefficient (Wildman–Crippen LogP) is 2.66. The molecule has 0 aliphatic carbocycles. The fourth-order valence-electron chi connectivity index (χ4n) is 2.54. The Kier molecular flexibility index (Phi) is 4.40. The summed E-state index contributed by atoms with van der Waals surface area (Å²) in [6.45, 7) is 1.74. The maximum Gasteiger partial charge on any atom is 0.123 e. The second-order valence-electron chi connectivity index (χ2n) is 4.47. The molecule has 1 aliphatic rings. The first-order valence-electron chi connectivity index (χ1n) is 6.25. The van der Waals surface area contributed by atoms with Crippen LogP contribution in [0.15, 0.2) is 18.2 Å². The smallest absolute Gasteiger partial charge is 0.123 e. The van der Waals surface area contributed by atoms with Crippen LogP contribution in [0.4, 0.5) is 0 Å². The fourth-order valence-corrected chi connectivity index (χ4v) is 2.54. The van der Waals surface area contributed by atoms with Gasteiger partial charge in [-0.15, -0.1) is 0 Å². The Morgan fingerprint density at radius 3 is 2.82 bits per heavy atom. The first-order valence-corrected chi connectivity index (χ1v) is 6.25. The highest BCUT2D eigenvalue weighted by molar-refractivity contribution is 5.42. The van der Waals surface area contributed by atoms with Gasteiger partial charge in [0.15, 0.2) is 0 Å². The van der Waals surface area contributed by atoms with Crippen LogP contribution in [-0.2, 0) is 11.3 Å². The van der Waals surface area contributed by atoms with E-state index in [9.17, 15) is 0 Å². The highest BCUT2D eigenvalue weighted by Crippen LogP contribution is 2.33. The molecule has 1 unspecified atom stereocenters. The van der Waals surface area contributed by atoms with E-state index in [1.54, 1.807) is 14.2 Å². The molecule has 17 heavy (non-hydrogen) atoms. The molecule has 1 aromatic carbocycles. The first kappa shape index (κ1) is 12.4. The van der Waals surface area contributed by atoms with Gasteiger partial charge in [0.25, 0.3) is 0 Å². The SMILES string of the molecule is COCc1cccc(OC)c1C1CCCCN1. The van der Waals surface area contributed by atoms with Gasteiger partial charge in [0.1, 0.15) is 5.75 Å². The van der Waals surface area contributed by atoms with Crippen molar-refractivity contribution >= 4 is 0 Å². The van der Waals surface area contributed by atoms with Crippen LogP contribution in [0.5, 0.6) is 5.75 Å². The molecule has 0 spiro atoms. The summed E-state index contributed by atoms with van der Waals surface area (Å²) in [6.07, 6.45) is 3.73. The molecule has 1 fully saturated rings. The minimum Gasteiger partial charge on any atom is -0.496 e. The molecule has 0 radical (unpaired) electrons. The van der Waals surface area contributed by atoms with Gasteiger partial charge in [-0.3, -0.25) is 0 Å². The molecule has 1 aromatic rings.